The van der Waals surface area contributed by atoms with E-state index in [1.165, 1.54) is 23.5 Å². The second kappa shape index (κ2) is 15.4. The minimum Gasteiger partial charge on any atom is -0.480 e. The molecule has 11 heteroatoms. The first kappa shape index (κ1) is 28.6. The molecule has 5 N–H and O–H groups in total. The zero-order valence-corrected chi connectivity index (χ0v) is 21.1. The van der Waals surface area contributed by atoms with Crippen molar-refractivity contribution in [2.24, 2.45) is 5.92 Å². The van der Waals surface area contributed by atoms with Crippen LogP contribution in [-0.2, 0) is 19.2 Å². The molecule has 3 amide bonds. The first-order valence-corrected chi connectivity index (χ1v) is 13.9. The van der Waals surface area contributed by atoms with Gasteiger partial charge in [-0.1, -0.05) is 20.3 Å². The van der Waals surface area contributed by atoms with E-state index in [1.54, 1.807) is 0 Å². The Labute approximate surface area is 199 Å². The van der Waals surface area contributed by atoms with E-state index in [0.717, 1.165) is 19.4 Å². The fraction of sp³-hybridized carbons (Fsp3) is 0.810. The SMILES string of the molecule is CCC(C)C(NC(=O)C1CCCN1)C(=O)NC(CCSC)C(=O)NC(CCSC)C(=O)O. The van der Waals surface area contributed by atoms with Crippen molar-refractivity contribution in [1.82, 2.24) is 21.3 Å². The molecule has 1 aliphatic heterocycles. The molecule has 1 heterocycles. The highest BCUT2D eigenvalue weighted by molar-refractivity contribution is 7.98. The number of aliphatic carboxylic acids is 1. The standard InChI is InChI=1S/C21H38N4O5S2/c1-5-13(2)17(25-18(26)14-7-6-10-22-14)20(28)23-15(8-11-31-3)19(27)24-16(21(29)30)9-12-32-4/h13-17,22H,5-12H2,1-4H3,(H,23,28)(H,24,27)(H,25,26)(H,29,30). The quantitative estimate of drug-likeness (QED) is 0.228. The minimum atomic E-state index is -1.10. The molecule has 0 aromatic rings. The van der Waals surface area contributed by atoms with Crippen molar-refractivity contribution < 1.29 is 24.3 Å². The van der Waals surface area contributed by atoms with Crippen molar-refractivity contribution in [3.8, 4) is 0 Å². The van der Waals surface area contributed by atoms with Gasteiger partial charge in [0, 0.05) is 0 Å². The van der Waals surface area contributed by atoms with E-state index >= 15 is 0 Å². The fourth-order valence-corrected chi connectivity index (χ4v) is 4.34. The first-order chi connectivity index (χ1) is 15.2. The molecule has 0 aromatic carbocycles. The summed E-state index contributed by atoms with van der Waals surface area (Å²) >= 11 is 3.03. The molecule has 0 aliphatic carbocycles. The molecule has 1 saturated heterocycles. The van der Waals surface area contributed by atoms with Gasteiger partial charge in [-0.25, -0.2) is 4.79 Å². The Morgan fingerprint density at radius 3 is 2.09 bits per heavy atom. The minimum absolute atomic E-state index is 0.127. The summed E-state index contributed by atoms with van der Waals surface area (Å²) in [5.41, 5.74) is 0. The van der Waals surface area contributed by atoms with Crippen molar-refractivity contribution in [2.45, 2.75) is 70.1 Å². The monoisotopic (exact) mass is 490 g/mol. The average molecular weight is 491 g/mol. The van der Waals surface area contributed by atoms with E-state index < -0.39 is 35.9 Å². The number of amides is 3. The van der Waals surface area contributed by atoms with Crippen molar-refractivity contribution in [1.29, 1.82) is 0 Å². The highest BCUT2D eigenvalue weighted by Crippen LogP contribution is 2.12. The molecule has 1 fully saturated rings. The van der Waals surface area contributed by atoms with Crippen LogP contribution in [0.3, 0.4) is 0 Å². The molecule has 1 aliphatic rings. The van der Waals surface area contributed by atoms with E-state index in [-0.39, 0.29) is 17.9 Å². The zero-order valence-electron chi connectivity index (χ0n) is 19.4. The number of carbonyl (C=O) groups is 4. The number of carboxylic acids is 1. The molecule has 1 rings (SSSR count). The Bertz CT molecular complexity index is 631. The summed E-state index contributed by atoms with van der Waals surface area (Å²) < 4.78 is 0. The zero-order chi connectivity index (χ0) is 24.1. The number of carbonyl (C=O) groups excluding carboxylic acids is 3. The Kier molecular flexibility index (Phi) is 13.7. The lowest BCUT2D eigenvalue weighted by Crippen LogP contribution is -2.58. The van der Waals surface area contributed by atoms with Gasteiger partial charge in [0.1, 0.15) is 18.1 Å². The van der Waals surface area contributed by atoms with Gasteiger partial charge in [0.15, 0.2) is 0 Å². The topological polar surface area (TPSA) is 137 Å². The summed E-state index contributed by atoms with van der Waals surface area (Å²) in [4.78, 5) is 50.1. The second-order valence-corrected chi connectivity index (χ2v) is 10.0. The van der Waals surface area contributed by atoms with Gasteiger partial charge >= 0.3 is 5.97 Å². The average Bonchev–Trinajstić information content (AvgIpc) is 3.31. The second-order valence-electron chi connectivity index (χ2n) is 8.04. The molecule has 5 unspecified atom stereocenters. The fourth-order valence-electron chi connectivity index (χ4n) is 3.40. The van der Waals surface area contributed by atoms with Crippen LogP contribution in [0.1, 0.15) is 46.0 Å². The van der Waals surface area contributed by atoms with E-state index in [2.05, 4.69) is 21.3 Å². The number of carboxylic acid groups (broad SMARTS) is 1. The summed E-state index contributed by atoms with van der Waals surface area (Å²) in [5.74, 6) is -1.18. The third-order valence-corrected chi connectivity index (χ3v) is 6.93. The largest absolute Gasteiger partial charge is 0.480 e. The molecule has 32 heavy (non-hydrogen) atoms. The van der Waals surface area contributed by atoms with Crippen molar-refractivity contribution in [2.75, 3.05) is 30.6 Å². The Hall–Kier alpha value is -1.46. The van der Waals surface area contributed by atoms with E-state index in [0.29, 0.717) is 30.8 Å². The molecular weight excluding hydrogens is 452 g/mol. The van der Waals surface area contributed by atoms with Crippen molar-refractivity contribution in [3.05, 3.63) is 0 Å². The van der Waals surface area contributed by atoms with Gasteiger partial charge in [-0.2, -0.15) is 23.5 Å². The van der Waals surface area contributed by atoms with Crippen LogP contribution in [0.4, 0.5) is 0 Å². The third kappa shape index (κ3) is 9.58. The maximum absolute atomic E-state index is 13.1. The van der Waals surface area contributed by atoms with Crippen molar-refractivity contribution in [3.63, 3.8) is 0 Å². The molecule has 0 bridgehead atoms. The summed E-state index contributed by atoms with van der Waals surface area (Å²) in [6.45, 7) is 4.59. The number of nitrogens with one attached hydrogen (secondary N) is 4. The highest BCUT2D eigenvalue weighted by atomic mass is 32.2. The Morgan fingerprint density at radius 1 is 1.00 bits per heavy atom. The summed E-state index contributed by atoms with van der Waals surface area (Å²) in [6.07, 6.45) is 6.74. The lowest BCUT2D eigenvalue weighted by atomic mass is 9.97. The Morgan fingerprint density at radius 2 is 1.59 bits per heavy atom. The van der Waals surface area contributed by atoms with Gasteiger partial charge in [0.2, 0.25) is 17.7 Å². The molecule has 0 saturated carbocycles. The summed E-state index contributed by atoms with van der Waals surface area (Å²) in [7, 11) is 0. The lowest BCUT2D eigenvalue weighted by Gasteiger charge is -2.28. The normalized spacial score (nSPS) is 19.4. The lowest BCUT2D eigenvalue weighted by molar-refractivity contribution is -0.142. The molecule has 0 radical (unpaired) electrons. The maximum Gasteiger partial charge on any atom is 0.326 e. The molecule has 184 valence electrons. The van der Waals surface area contributed by atoms with Gasteiger partial charge in [-0.05, 0) is 62.2 Å². The van der Waals surface area contributed by atoms with E-state index in [1.807, 2.05) is 26.4 Å². The Balaban J connectivity index is 2.89. The molecular formula is C21H38N4O5S2. The van der Waals surface area contributed by atoms with Gasteiger partial charge in [0.25, 0.3) is 0 Å². The van der Waals surface area contributed by atoms with E-state index in [4.69, 9.17) is 0 Å². The van der Waals surface area contributed by atoms with Crippen LogP contribution in [0.2, 0.25) is 0 Å². The van der Waals surface area contributed by atoms with Gasteiger partial charge in [-0.3, -0.25) is 14.4 Å². The van der Waals surface area contributed by atoms with Crippen LogP contribution in [0.15, 0.2) is 0 Å². The van der Waals surface area contributed by atoms with Gasteiger partial charge < -0.3 is 26.4 Å². The molecule has 9 nitrogen and oxygen atoms in total. The third-order valence-electron chi connectivity index (χ3n) is 5.64. The number of rotatable bonds is 15. The number of hydrogen-bond acceptors (Lipinski definition) is 7. The summed E-state index contributed by atoms with van der Waals surface area (Å²) in [6, 6.07) is -2.97. The molecule has 5 atom stereocenters. The predicted molar refractivity (Wildman–Crippen MR) is 130 cm³/mol. The van der Waals surface area contributed by atoms with Crippen molar-refractivity contribution >= 4 is 47.2 Å². The first-order valence-electron chi connectivity index (χ1n) is 11.1. The number of hydrogen-bond donors (Lipinski definition) is 5. The van der Waals surface area contributed by atoms with Crippen LogP contribution in [0.5, 0.6) is 0 Å². The summed E-state index contributed by atoms with van der Waals surface area (Å²) in [5, 5.41) is 20.7. The maximum atomic E-state index is 13.1. The number of thioether (sulfide) groups is 2. The van der Waals surface area contributed by atoms with Crippen LogP contribution < -0.4 is 21.3 Å². The van der Waals surface area contributed by atoms with Gasteiger partial charge in [0.05, 0.1) is 6.04 Å². The van der Waals surface area contributed by atoms with Crippen LogP contribution in [0.25, 0.3) is 0 Å². The van der Waals surface area contributed by atoms with Crippen LogP contribution in [0, 0.1) is 5.92 Å². The molecule has 0 aromatic heterocycles. The van der Waals surface area contributed by atoms with Crippen LogP contribution in [-0.4, -0.2) is 83.5 Å². The predicted octanol–water partition coefficient (Wildman–Crippen LogP) is 0.830. The molecule has 0 spiro atoms. The van der Waals surface area contributed by atoms with Crippen LogP contribution >= 0.6 is 23.5 Å². The van der Waals surface area contributed by atoms with Gasteiger partial charge in [-0.15, -0.1) is 0 Å². The van der Waals surface area contributed by atoms with E-state index in [9.17, 15) is 24.3 Å². The smallest absolute Gasteiger partial charge is 0.326 e. The highest BCUT2D eigenvalue weighted by Gasteiger charge is 2.33.